The molecule has 66 valence electrons. The fourth-order valence-electron chi connectivity index (χ4n) is 0.755. The number of halogens is 3. The quantitative estimate of drug-likeness (QED) is 0.480. The summed E-state index contributed by atoms with van der Waals surface area (Å²) in [5.41, 5.74) is 5.63. The van der Waals surface area contributed by atoms with E-state index in [0.29, 0.717) is 15.6 Å². The van der Waals surface area contributed by atoms with Gasteiger partial charge in [0.2, 0.25) is 0 Å². The summed E-state index contributed by atoms with van der Waals surface area (Å²) in [5.74, 6) is -0.111. The van der Waals surface area contributed by atoms with Gasteiger partial charge in [0.1, 0.15) is 5.84 Å². The molecule has 0 heterocycles. The van der Waals surface area contributed by atoms with E-state index in [2.05, 4.69) is 0 Å². The average Bonchev–Trinajstić information content (AvgIpc) is 1.85. The summed E-state index contributed by atoms with van der Waals surface area (Å²) in [7, 11) is 0. The molecule has 1 aromatic rings. The topological polar surface area (TPSA) is 49.9 Å². The van der Waals surface area contributed by atoms with Crippen molar-refractivity contribution in [3.63, 3.8) is 0 Å². The predicted octanol–water partition coefficient (Wildman–Crippen LogP) is -0.719. The largest absolute Gasteiger partial charge is 1.00 e. The molecule has 0 saturated carbocycles. The smallest absolute Gasteiger partial charge is 0.125 e. The maximum Gasteiger partial charge on any atom is 0.125 e. The van der Waals surface area contributed by atoms with E-state index in [9.17, 15) is 0 Å². The molecule has 1 aromatic carbocycles. The Kier molecular flexibility index (Phi) is 4.39. The third-order valence-corrected chi connectivity index (χ3v) is 1.86. The van der Waals surface area contributed by atoms with Crippen LogP contribution in [0.3, 0.4) is 0 Å². The first-order valence-corrected chi connectivity index (χ1v) is 3.67. The molecule has 0 bridgehead atoms. The summed E-state index contributed by atoms with van der Waals surface area (Å²) in [5, 5.41) is 7.94. The maximum atomic E-state index is 7.13. The molecule has 0 radical (unpaired) electrons. The van der Waals surface area contributed by atoms with E-state index >= 15 is 0 Å². The molecule has 0 unspecified atom stereocenters. The molecule has 0 aliphatic rings. The van der Waals surface area contributed by atoms with E-state index in [4.69, 9.17) is 34.3 Å². The third-order valence-electron chi connectivity index (χ3n) is 1.23. The summed E-state index contributed by atoms with van der Waals surface area (Å²) < 4.78 is 0. The molecule has 0 spiro atoms. The van der Waals surface area contributed by atoms with Gasteiger partial charge in [0.25, 0.3) is 0 Å². The minimum absolute atomic E-state index is 0. The van der Waals surface area contributed by atoms with Crippen LogP contribution in [0, 0.1) is 5.41 Å². The van der Waals surface area contributed by atoms with Crippen LogP contribution in [-0.2, 0) is 0 Å². The normalized spacial score (nSPS) is 8.83. The Morgan fingerprint density at radius 3 is 1.92 bits per heavy atom. The lowest BCUT2D eigenvalue weighted by molar-refractivity contribution is -0.00000243. The van der Waals surface area contributed by atoms with Gasteiger partial charge >= 0.3 is 0 Å². The zero-order valence-electron chi connectivity index (χ0n) is 5.94. The average molecular weight is 224 g/mol. The van der Waals surface area contributed by atoms with Crippen LogP contribution in [-0.4, -0.2) is 5.84 Å². The third kappa shape index (κ3) is 2.27. The van der Waals surface area contributed by atoms with Crippen LogP contribution >= 0.6 is 23.2 Å². The molecule has 0 amide bonds. The van der Waals surface area contributed by atoms with Crippen molar-refractivity contribution in [3.05, 3.63) is 33.8 Å². The van der Waals surface area contributed by atoms with E-state index in [0.717, 1.165) is 0 Å². The van der Waals surface area contributed by atoms with E-state index in [1.165, 1.54) is 0 Å². The SMILES string of the molecule is N=C(N)c1c(Cl)cccc1Cl.[Cl-]. The lowest BCUT2D eigenvalue weighted by atomic mass is 10.2. The highest BCUT2D eigenvalue weighted by atomic mass is 35.5. The van der Waals surface area contributed by atoms with Gasteiger partial charge in [-0.05, 0) is 12.1 Å². The van der Waals surface area contributed by atoms with Crippen LogP contribution in [0.2, 0.25) is 10.0 Å². The van der Waals surface area contributed by atoms with Gasteiger partial charge in [0, 0.05) is 0 Å². The van der Waals surface area contributed by atoms with Crippen molar-refractivity contribution >= 4 is 29.0 Å². The van der Waals surface area contributed by atoms with Gasteiger partial charge in [0.05, 0.1) is 15.6 Å². The van der Waals surface area contributed by atoms with Gasteiger partial charge in [0.15, 0.2) is 0 Å². The Hall–Kier alpha value is -0.440. The Balaban J connectivity index is 0.00000121. The fraction of sp³-hybridized carbons (Fsp3) is 0. The maximum absolute atomic E-state index is 7.13. The van der Waals surface area contributed by atoms with Gasteiger partial charge in [-0.1, -0.05) is 29.3 Å². The first-order valence-electron chi connectivity index (χ1n) is 2.91. The molecule has 0 aromatic heterocycles. The number of benzene rings is 1. The molecule has 0 atom stereocenters. The van der Waals surface area contributed by atoms with Gasteiger partial charge in [-0.25, -0.2) is 0 Å². The standard InChI is InChI=1S/C7H6Cl2N2.ClH/c8-4-2-1-3-5(9)6(4)7(10)11;/h1-3H,(H3,10,11);1H/p-1. The van der Waals surface area contributed by atoms with Crippen molar-refractivity contribution in [3.8, 4) is 0 Å². The van der Waals surface area contributed by atoms with Crippen LogP contribution in [0.25, 0.3) is 0 Å². The number of rotatable bonds is 1. The highest BCUT2D eigenvalue weighted by Crippen LogP contribution is 2.22. The first-order chi connectivity index (χ1) is 5.13. The highest BCUT2D eigenvalue weighted by molar-refractivity contribution is 6.39. The van der Waals surface area contributed by atoms with E-state index in [1.54, 1.807) is 18.2 Å². The van der Waals surface area contributed by atoms with Gasteiger partial charge < -0.3 is 18.1 Å². The zero-order valence-corrected chi connectivity index (χ0v) is 8.21. The molecule has 2 nitrogen and oxygen atoms in total. The predicted molar refractivity (Wildman–Crippen MR) is 47.5 cm³/mol. The molecule has 12 heavy (non-hydrogen) atoms. The summed E-state index contributed by atoms with van der Waals surface area (Å²) in [6.07, 6.45) is 0. The number of hydrogen-bond acceptors (Lipinski definition) is 1. The Labute approximate surface area is 86.6 Å². The molecule has 0 aliphatic heterocycles. The van der Waals surface area contributed by atoms with Crippen LogP contribution in [0.15, 0.2) is 18.2 Å². The monoisotopic (exact) mass is 223 g/mol. The molecule has 0 fully saturated rings. The van der Waals surface area contributed by atoms with Gasteiger partial charge in [-0.15, -0.1) is 0 Å². The molecule has 0 saturated heterocycles. The summed E-state index contributed by atoms with van der Waals surface area (Å²) in [4.78, 5) is 0. The van der Waals surface area contributed by atoms with Crippen molar-refractivity contribution in [1.82, 2.24) is 0 Å². The van der Waals surface area contributed by atoms with E-state index in [1.807, 2.05) is 0 Å². The van der Waals surface area contributed by atoms with Gasteiger partial charge in [-0.3, -0.25) is 5.41 Å². The number of nitrogen functional groups attached to an aromatic ring is 1. The van der Waals surface area contributed by atoms with Crippen molar-refractivity contribution in [2.24, 2.45) is 5.73 Å². The summed E-state index contributed by atoms with van der Waals surface area (Å²) >= 11 is 11.4. The molecule has 5 heteroatoms. The number of hydrogen-bond donors (Lipinski definition) is 2. The van der Waals surface area contributed by atoms with E-state index < -0.39 is 0 Å². The van der Waals surface area contributed by atoms with Crippen molar-refractivity contribution in [1.29, 1.82) is 5.41 Å². The molecular formula is C7H6Cl3N2-. The van der Waals surface area contributed by atoms with E-state index in [-0.39, 0.29) is 18.2 Å². The first kappa shape index (κ1) is 11.6. The lowest BCUT2D eigenvalue weighted by Gasteiger charge is -2.02. The lowest BCUT2D eigenvalue weighted by Crippen LogP contribution is -3.00. The number of nitrogens with one attached hydrogen (secondary N) is 1. The summed E-state index contributed by atoms with van der Waals surface area (Å²) in [6.45, 7) is 0. The molecule has 3 N–H and O–H groups in total. The van der Waals surface area contributed by atoms with Crippen LogP contribution in [0.5, 0.6) is 0 Å². The zero-order chi connectivity index (χ0) is 8.43. The minimum atomic E-state index is -0.111. The highest BCUT2D eigenvalue weighted by Gasteiger charge is 2.06. The molecule has 1 rings (SSSR count). The van der Waals surface area contributed by atoms with Crippen LogP contribution in [0.4, 0.5) is 0 Å². The van der Waals surface area contributed by atoms with Crippen LogP contribution in [0.1, 0.15) is 5.56 Å². The van der Waals surface area contributed by atoms with Crippen LogP contribution < -0.4 is 18.1 Å². The number of amidine groups is 1. The minimum Gasteiger partial charge on any atom is -1.00 e. The molecule has 0 aliphatic carbocycles. The fourth-order valence-corrected chi connectivity index (χ4v) is 1.36. The summed E-state index contributed by atoms with van der Waals surface area (Å²) in [6, 6.07) is 4.99. The Morgan fingerprint density at radius 2 is 1.67 bits per heavy atom. The Morgan fingerprint density at radius 1 is 1.25 bits per heavy atom. The van der Waals surface area contributed by atoms with Crippen molar-refractivity contribution in [2.45, 2.75) is 0 Å². The molecular weight excluding hydrogens is 218 g/mol. The Bertz CT molecular complexity index is 278. The van der Waals surface area contributed by atoms with Crippen molar-refractivity contribution < 1.29 is 12.4 Å². The number of nitrogens with two attached hydrogens (primary N) is 1. The second-order valence-electron chi connectivity index (χ2n) is 2.01. The van der Waals surface area contributed by atoms with Crippen molar-refractivity contribution in [2.75, 3.05) is 0 Å². The second-order valence-corrected chi connectivity index (χ2v) is 2.82. The van der Waals surface area contributed by atoms with Gasteiger partial charge in [-0.2, -0.15) is 0 Å². The second kappa shape index (κ2) is 4.55.